The van der Waals surface area contributed by atoms with E-state index in [1.54, 1.807) is 7.11 Å². The molecule has 2 heteroatoms. The predicted molar refractivity (Wildman–Crippen MR) is 67.3 cm³/mol. The summed E-state index contributed by atoms with van der Waals surface area (Å²) in [6.07, 6.45) is 3.87. The number of methoxy groups -OCH3 is 1. The van der Waals surface area contributed by atoms with E-state index in [0.29, 0.717) is 5.41 Å². The first-order valence-electron chi connectivity index (χ1n) is 6.35. The Morgan fingerprint density at radius 2 is 1.67 bits per heavy atom. The monoisotopic (exact) mass is 215 g/mol. The van der Waals surface area contributed by atoms with Crippen LogP contribution in [0.5, 0.6) is 0 Å². The molecular formula is C13H29NO. The molecule has 0 radical (unpaired) electrons. The van der Waals surface area contributed by atoms with E-state index >= 15 is 0 Å². The molecule has 1 rings (SSSR count). The molecule has 0 atom stereocenters. The van der Waals surface area contributed by atoms with E-state index in [9.17, 15) is 0 Å². The minimum atomic E-state index is 0.581. The molecule has 1 aliphatic heterocycles. The van der Waals surface area contributed by atoms with Crippen LogP contribution in [-0.2, 0) is 4.74 Å². The van der Waals surface area contributed by atoms with Crippen molar-refractivity contribution in [2.24, 2.45) is 5.41 Å². The van der Waals surface area contributed by atoms with E-state index in [1.807, 2.05) is 13.8 Å². The van der Waals surface area contributed by atoms with E-state index in [4.69, 9.17) is 4.74 Å². The van der Waals surface area contributed by atoms with Gasteiger partial charge in [0.15, 0.2) is 0 Å². The van der Waals surface area contributed by atoms with Crippen LogP contribution in [0.1, 0.15) is 47.0 Å². The maximum absolute atomic E-state index is 5.05. The Kier molecular flexibility index (Phi) is 8.07. The number of piperidine rings is 1. The molecule has 0 amide bonds. The van der Waals surface area contributed by atoms with Crippen molar-refractivity contribution in [2.45, 2.75) is 47.0 Å². The lowest BCUT2D eigenvalue weighted by Crippen LogP contribution is -2.38. The standard InChI is InChI=1S/C11H23NO.C2H6/c1-11(2)5-8-12(9-6-11)7-4-10-13-3;1-2/h4-10H2,1-3H3;1-2H3. The third kappa shape index (κ3) is 6.91. The first-order valence-corrected chi connectivity index (χ1v) is 6.35. The molecule has 0 unspecified atom stereocenters. The fourth-order valence-corrected chi connectivity index (χ4v) is 1.81. The highest BCUT2D eigenvalue weighted by molar-refractivity contribution is 4.78. The van der Waals surface area contributed by atoms with Crippen LogP contribution < -0.4 is 0 Å². The minimum absolute atomic E-state index is 0.581. The van der Waals surface area contributed by atoms with E-state index in [2.05, 4.69) is 18.7 Å². The number of hydrogen-bond donors (Lipinski definition) is 0. The SMILES string of the molecule is CC.COCCCN1CCC(C)(C)CC1. The van der Waals surface area contributed by atoms with Gasteiger partial charge in [-0.05, 0) is 37.8 Å². The highest BCUT2D eigenvalue weighted by atomic mass is 16.5. The highest BCUT2D eigenvalue weighted by Gasteiger charge is 2.24. The third-order valence-electron chi connectivity index (χ3n) is 3.03. The zero-order chi connectivity index (χ0) is 11.7. The quantitative estimate of drug-likeness (QED) is 0.668. The van der Waals surface area contributed by atoms with E-state index in [1.165, 1.54) is 38.9 Å². The Bertz CT molecular complexity index is 135. The maximum atomic E-state index is 5.05. The van der Waals surface area contributed by atoms with Crippen LogP contribution in [-0.4, -0.2) is 38.3 Å². The molecule has 0 aromatic heterocycles. The summed E-state index contributed by atoms with van der Waals surface area (Å²) in [5.41, 5.74) is 0.581. The Morgan fingerprint density at radius 1 is 1.13 bits per heavy atom. The topological polar surface area (TPSA) is 12.5 Å². The second-order valence-electron chi connectivity index (χ2n) is 4.85. The molecule has 0 saturated carbocycles. The van der Waals surface area contributed by atoms with Gasteiger partial charge in [-0.25, -0.2) is 0 Å². The summed E-state index contributed by atoms with van der Waals surface area (Å²) in [5, 5.41) is 0. The molecule has 1 heterocycles. The molecule has 1 fully saturated rings. The molecule has 0 N–H and O–H groups in total. The molecular weight excluding hydrogens is 186 g/mol. The summed E-state index contributed by atoms with van der Waals surface area (Å²) >= 11 is 0. The van der Waals surface area contributed by atoms with Crippen LogP contribution >= 0.6 is 0 Å². The molecule has 2 nitrogen and oxygen atoms in total. The fraction of sp³-hybridized carbons (Fsp3) is 1.00. The molecule has 92 valence electrons. The Balaban J connectivity index is 0.000000921. The average Bonchev–Trinajstić information content (AvgIpc) is 2.24. The van der Waals surface area contributed by atoms with Crippen molar-refractivity contribution in [3.8, 4) is 0 Å². The zero-order valence-electron chi connectivity index (χ0n) is 11.3. The van der Waals surface area contributed by atoms with E-state index in [-0.39, 0.29) is 0 Å². The molecule has 1 aliphatic rings. The van der Waals surface area contributed by atoms with Crippen LogP contribution in [0.2, 0.25) is 0 Å². The predicted octanol–water partition coefficient (Wildman–Crippen LogP) is 3.17. The summed E-state index contributed by atoms with van der Waals surface area (Å²) in [6.45, 7) is 13.4. The Morgan fingerprint density at radius 3 is 2.13 bits per heavy atom. The van der Waals surface area contributed by atoms with Gasteiger partial charge in [0.05, 0.1) is 0 Å². The van der Waals surface area contributed by atoms with Crippen LogP contribution in [0, 0.1) is 5.41 Å². The average molecular weight is 215 g/mol. The summed E-state index contributed by atoms with van der Waals surface area (Å²) in [6, 6.07) is 0. The van der Waals surface area contributed by atoms with Crippen molar-refractivity contribution in [1.29, 1.82) is 0 Å². The third-order valence-corrected chi connectivity index (χ3v) is 3.03. The number of rotatable bonds is 4. The van der Waals surface area contributed by atoms with Gasteiger partial charge >= 0.3 is 0 Å². The molecule has 0 aromatic carbocycles. The largest absolute Gasteiger partial charge is 0.385 e. The molecule has 0 aliphatic carbocycles. The van der Waals surface area contributed by atoms with Gasteiger partial charge in [0, 0.05) is 20.3 Å². The summed E-state index contributed by atoms with van der Waals surface area (Å²) < 4.78 is 5.05. The van der Waals surface area contributed by atoms with Gasteiger partial charge in [-0.3, -0.25) is 0 Å². The highest BCUT2D eigenvalue weighted by Crippen LogP contribution is 2.29. The van der Waals surface area contributed by atoms with Gasteiger partial charge in [-0.2, -0.15) is 0 Å². The second-order valence-corrected chi connectivity index (χ2v) is 4.85. The smallest absolute Gasteiger partial charge is 0.0474 e. The molecule has 0 spiro atoms. The van der Waals surface area contributed by atoms with Crippen molar-refractivity contribution in [2.75, 3.05) is 33.4 Å². The Hall–Kier alpha value is -0.0800. The van der Waals surface area contributed by atoms with Gasteiger partial charge in [0.2, 0.25) is 0 Å². The van der Waals surface area contributed by atoms with Crippen molar-refractivity contribution in [3.05, 3.63) is 0 Å². The van der Waals surface area contributed by atoms with E-state index < -0.39 is 0 Å². The number of hydrogen-bond acceptors (Lipinski definition) is 2. The van der Waals surface area contributed by atoms with Crippen molar-refractivity contribution in [1.82, 2.24) is 4.90 Å². The van der Waals surface area contributed by atoms with Crippen LogP contribution in [0.3, 0.4) is 0 Å². The van der Waals surface area contributed by atoms with Gasteiger partial charge in [0.1, 0.15) is 0 Å². The van der Waals surface area contributed by atoms with Crippen LogP contribution in [0.25, 0.3) is 0 Å². The lowest BCUT2D eigenvalue weighted by molar-refractivity contribution is 0.116. The van der Waals surface area contributed by atoms with Gasteiger partial charge in [0.25, 0.3) is 0 Å². The number of likely N-dealkylation sites (tertiary alicyclic amines) is 1. The Labute approximate surface area is 96.0 Å². The first kappa shape index (κ1) is 14.9. The normalized spacial score (nSPS) is 20.6. The fourth-order valence-electron chi connectivity index (χ4n) is 1.81. The van der Waals surface area contributed by atoms with Gasteiger partial charge < -0.3 is 9.64 Å². The van der Waals surface area contributed by atoms with Crippen LogP contribution in [0.4, 0.5) is 0 Å². The van der Waals surface area contributed by atoms with Crippen molar-refractivity contribution in [3.63, 3.8) is 0 Å². The minimum Gasteiger partial charge on any atom is -0.385 e. The van der Waals surface area contributed by atoms with E-state index in [0.717, 1.165) is 6.61 Å². The number of nitrogens with zero attached hydrogens (tertiary/aromatic N) is 1. The molecule has 1 saturated heterocycles. The van der Waals surface area contributed by atoms with Crippen molar-refractivity contribution >= 4 is 0 Å². The molecule has 0 aromatic rings. The summed E-state index contributed by atoms with van der Waals surface area (Å²) in [7, 11) is 1.78. The summed E-state index contributed by atoms with van der Waals surface area (Å²) in [5.74, 6) is 0. The lowest BCUT2D eigenvalue weighted by Gasteiger charge is -2.36. The summed E-state index contributed by atoms with van der Waals surface area (Å²) in [4.78, 5) is 2.56. The molecule has 0 bridgehead atoms. The van der Waals surface area contributed by atoms with Gasteiger partial charge in [-0.1, -0.05) is 27.7 Å². The second kappa shape index (κ2) is 8.12. The van der Waals surface area contributed by atoms with Crippen LogP contribution in [0.15, 0.2) is 0 Å². The van der Waals surface area contributed by atoms with Crippen molar-refractivity contribution < 1.29 is 4.74 Å². The molecule has 15 heavy (non-hydrogen) atoms. The lowest BCUT2D eigenvalue weighted by atomic mass is 9.83. The maximum Gasteiger partial charge on any atom is 0.0474 e. The first-order chi connectivity index (χ1) is 7.14. The zero-order valence-corrected chi connectivity index (χ0v) is 11.3. The van der Waals surface area contributed by atoms with Gasteiger partial charge in [-0.15, -0.1) is 0 Å². The number of ether oxygens (including phenoxy) is 1.